The van der Waals surface area contributed by atoms with Crippen molar-refractivity contribution in [2.45, 2.75) is 6.92 Å². The summed E-state index contributed by atoms with van der Waals surface area (Å²) in [6.07, 6.45) is 3.51. The molecular weight excluding hydrogens is 236 g/mol. The van der Waals surface area contributed by atoms with Crippen LogP contribution in [0.4, 0.5) is 11.4 Å². The van der Waals surface area contributed by atoms with Gasteiger partial charge in [0.15, 0.2) is 0 Å². The third-order valence-electron chi connectivity index (χ3n) is 2.79. The van der Waals surface area contributed by atoms with Crippen molar-refractivity contribution in [1.82, 2.24) is 0 Å². The van der Waals surface area contributed by atoms with Crippen molar-refractivity contribution < 1.29 is 14.5 Å². The first-order valence-electron chi connectivity index (χ1n) is 5.36. The van der Waals surface area contributed by atoms with E-state index < -0.39 is 4.92 Å². The van der Waals surface area contributed by atoms with E-state index in [4.69, 9.17) is 4.74 Å². The van der Waals surface area contributed by atoms with Crippen LogP contribution in [0.3, 0.4) is 0 Å². The number of ether oxygens (including phenoxy) is 1. The number of anilines is 1. The largest absolute Gasteiger partial charge is 0.496 e. The maximum Gasteiger partial charge on any atom is 0.293 e. The first-order chi connectivity index (χ1) is 8.56. The first kappa shape index (κ1) is 12.1. The number of nitro groups is 1. The minimum atomic E-state index is -0.493. The number of methoxy groups -OCH3 is 1. The summed E-state index contributed by atoms with van der Waals surface area (Å²) in [6.45, 7) is 1.71. The number of carbonyl (C=O) groups excluding carboxylic acids is 1. The topological polar surface area (TPSA) is 72.7 Å². The molecule has 0 aromatic heterocycles. The van der Waals surface area contributed by atoms with E-state index in [2.05, 4.69) is 0 Å². The average molecular weight is 248 g/mol. The molecule has 0 atom stereocenters. The van der Waals surface area contributed by atoms with E-state index in [1.54, 1.807) is 12.2 Å². The van der Waals surface area contributed by atoms with Gasteiger partial charge in [0.25, 0.3) is 5.69 Å². The number of rotatable bonds is 2. The molecule has 0 saturated heterocycles. The highest BCUT2D eigenvalue weighted by Gasteiger charge is 2.28. The summed E-state index contributed by atoms with van der Waals surface area (Å²) < 4.78 is 5.16. The second-order valence-corrected chi connectivity index (χ2v) is 3.84. The SMILES string of the molecule is COc1ccc([N+](=O)[O-])c2c1C=CCN2C(C)=O. The molecule has 0 bridgehead atoms. The highest BCUT2D eigenvalue weighted by molar-refractivity contribution is 5.99. The monoisotopic (exact) mass is 248 g/mol. The Morgan fingerprint density at radius 3 is 2.78 bits per heavy atom. The first-order valence-corrected chi connectivity index (χ1v) is 5.36. The second kappa shape index (κ2) is 4.48. The smallest absolute Gasteiger partial charge is 0.293 e. The molecule has 18 heavy (non-hydrogen) atoms. The lowest BCUT2D eigenvalue weighted by molar-refractivity contribution is -0.384. The Labute approximate surface area is 104 Å². The Bertz CT molecular complexity index is 551. The predicted molar refractivity (Wildman–Crippen MR) is 66.7 cm³/mol. The lowest BCUT2D eigenvalue weighted by Gasteiger charge is -2.25. The molecule has 6 nitrogen and oxygen atoms in total. The molecule has 2 rings (SSSR count). The Hall–Kier alpha value is -2.37. The van der Waals surface area contributed by atoms with E-state index in [0.717, 1.165) is 0 Å². The van der Waals surface area contributed by atoms with Crippen molar-refractivity contribution in [2.75, 3.05) is 18.6 Å². The quantitative estimate of drug-likeness (QED) is 0.592. The fourth-order valence-corrected chi connectivity index (χ4v) is 2.00. The summed E-state index contributed by atoms with van der Waals surface area (Å²) in [4.78, 5) is 23.5. The molecular formula is C12H12N2O4. The zero-order chi connectivity index (χ0) is 13.3. The minimum absolute atomic E-state index is 0.0923. The van der Waals surface area contributed by atoms with E-state index in [1.807, 2.05) is 0 Å². The third kappa shape index (κ3) is 1.81. The van der Waals surface area contributed by atoms with Gasteiger partial charge in [-0.05, 0) is 6.07 Å². The molecule has 0 spiro atoms. The van der Waals surface area contributed by atoms with Gasteiger partial charge in [-0.1, -0.05) is 12.2 Å². The van der Waals surface area contributed by atoms with Crippen LogP contribution in [0.1, 0.15) is 12.5 Å². The molecule has 94 valence electrons. The highest BCUT2D eigenvalue weighted by Crippen LogP contribution is 2.40. The average Bonchev–Trinajstić information content (AvgIpc) is 2.36. The van der Waals surface area contributed by atoms with E-state index in [0.29, 0.717) is 23.5 Å². The van der Waals surface area contributed by atoms with Crippen molar-refractivity contribution in [3.63, 3.8) is 0 Å². The maximum atomic E-state index is 11.6. The highest BCUT2D eigenvalue weighted by atomic mass is 16.6. The summed E-state index contributed by atoms with van der Waals surface area (Å²) in [5.41, 5.74) is 0.771. The number of hydrogen-bond donors (Lipinski definition) is 0. The van der Waals surface area contributed by atoms with Crippen LogP contribution in [0.15, 0.2) is 18.2 Å². The minimum Gasteiger partial charge on any atom is -0.496 e. The Balaban J connectivity index is 2.72. The van der Waals surface area contributed by atoms with Gasteiger partial charge in [0.05, 0.1) is 12.0 Å². The molecule has 0 saturated carbocycles. The van der Waals surface area contributed by atoms with Crippen LogP contribution < -0.4 is 9.64 Å². The van der Waals surface area contributed by atoms with Gasteiger partial charge in [0, 0.05) is 25.1 Å². The molecule has 1 amide bonds. The standard InChI is InChI=1S/C12H12N2O4/c1-8(15)13-7-3-4-9-11(18-2)6-5-10(12(9)13)14(16)17/h3-6H,7H2,1-2H3. The van der Waals surface area contributed by atoms with Gasteiger partial charge in [-0.15, -0.1) is 0 Å². The molecule has 0 N–H and O–H groups in total. The lowest BCUT2D eigenvalue weighted by atomic mass is 10.0. The van der Waals surface area contributed by atoms with E-state index in [9.17, 15) is 14.9 Å². The van der Waals surface area contributed by atoms with Crippen LogP contribution in [0.25, 0.3) is 6.08 Å². The van der Waals surface area contributed by atoms with Crippen molar-refractivity contribution >= 4 is 23.4 Å². The molecule has 1 heterocycles. The van der Waals surface area contributed by atoms with Crippen LogP contribution in [0, 0.1) is 10.1 Å². The van der Waals surface area contributed by atoms with E-state index in [1.165, 1.54) is 31.1 Å². The fraction of sp³-hybridized carbons (Fsp3) is 0.250. The Kier molecular flexibility index (Phi) is 3.01. The van der Waals surface area contributed by atoms with Gasteiger partial charge >= 0.3 is 0 Å². The van der Waals surface area contributed by atoms with E-state index in [-0.39, 0.29) is 11.6 Å². The van der Waals surface area contributed by atoms with Crippen molar-refractivity contribution in [2.24, 2.45) is 0 Å². The molecule has 0 radical (unpaired) electrons. The van der Waals surface area contributed by atoms with Crippen LogP contribution >= 0.6 is 0 Å². The summed E-state index contributed by atoms with van der Waals surface area (Å²) in [5, 5.41) is 11.0. The van der Waals surface area contributed by atoms with Crippen LogP contribution in [0.5, 0.6) is 5.75 Å². The molecule has 1 aliphatic heterocycles. The second-order valence-electron chi connectivity index (χ2n) is 3.84. The molecule has 1 aromatic rings. The van der Waals surface area contributed by atoms with Gasteiger partial charge < -0.3 is 9.64 Å². The molecule has 0 aliphatic carbocycles. The maximum absolute atomic E-state index is 11.6. The number of hydrogen-bond acceptors (Lipinski definition) is 4. The van der Waals surface area contributed by atoms with E-state index >= 15 is 0 Å². The molecule has 1 aliphatic rings. The van der Waals surface area contributed by atoms with Crippen LogP contribution in [-0.2, 0) is 4.79 Å². The number of amides is 1. The molecule has 0 fully saturated rings. The van der Waals surface area contributed by atoms with Gasteiger partial charge in [-0.2, -0.15) is 0 Å². The number of fused-ring (bicyclic) bond motifs is 1. The van der Waals surface area contributed by atoms with Crippen LogP contribution in [-0.4, -0.2) is 24.5 Å². The molecule has 0 unspecified atom stereocenters. The van der Waals surface area contributed by atoms with Gasteiger partial charge in [0.2, 0.25) is 5.91 Å². The van der Waals surface area contributed by atoms with Crippen molar-refractivity contribution in [3.8, 4) is 5.75 Å². The number of nitro benzene ring substituents is 1. The Morgan fingerprint density at radius 2 is 2.22 bits per heavy atom. The van der Waals surface area contributed by atoms with Gasteiger partial charge in [-0.25, -0.2) is 0 Å². The fourth-order valence-electron chi connectivity index (χ4n) is 2.00. The van der Waals surface area contributed by atoms with Crippen molar-refractivity contribution in [3.05, 3.63) is 33.9 Å². The van der Waals surface area contributed by atoms with Gasteiger partial charge in [-0.3, -0.25) is 14.9 Å². The Morgan fingerprint density at radius 1 is 1.50 bits per heavy atom. The molecule has 6 heteroatoms. The normalized spacial score (nSPS) is 13.1. The van der Waals surface area contributed by atoms with Crippen molar-refractivity contribution in [1.29, 1.82) is 0 Å². The van der Waals surface area contributed by atoms with Gasteiger partial charge in [0.1, 0.15) is 11.4 Å². The number of benzene rings is 1. The summed E-state index contributed by atoms with van der Waals surface area (Å²) in [7, 11) is 1.49. The van der Waals surface area contributed by atoms with Crippen LogP contribution in [0.2, 0.25) is 0 Å². The summed E-state index contributed by atoms with van der Waals surface area (Å²) in [5.74, 6) is 0.273. The predicted octanol–water partition coefficient (Wildman–Crippen LogP) is 1.98. The lowest BCUT2D eigenvalue weighted by Crippen LogP contribution is -2.31. The zero-order valence-corrected chi connectivity index (χ0v) is 10.0. The summed E-state index contributed by atoms with van der Waals surface area (Å²) >= 11 is 0. The third-order valence-corrected chi connectivity index (χ3v) is 2.79. The summed E-state index contributed by atoms with van der Waals surface area (Å²) in [6, 6.07) is 2.89. The number of nitrogens with zero attached hydrogens (tertiary/aromatic N) is 2. The number of carbonyl (C=O) groups is 1. The zero-order valence-electron chi connectivity index (χ0n) is 10.0. The molecule has 1 aromatic carbocycles.